The van der Waals surface area contributed by atoms with E-state index in [1.54, 1.807) is 0 Å². The molecule has 0 aromatic carbocycles. The maximum Gasteiger partial charge on any atom is 0.121 e. The molecule has 96 valence electrons. The summed E-state index contributed by atoms with van der Waals surface area (Å²) in [7, 11) is 0. The molecular formula is C14H24N2O. The van der Waals surface area contributed by atoms with Gasteiger partial charge in [-0.2, -0.15) is 0 Å². The SMILES string of the molecule is CCCC[C@H](c1ccc(C)o1)N1CCNCC1. The maximum absolute atomic E-state index is 5.83. The van der Waals surface area contributed by atoms with Gasteiger partial charge < -0.3 is 9.73 Å². The van der Waals surface area contributed by atoms with Crippen molar-refractivity contribution in [1.82, 2.24) is 10.2 Å². The highest BCUT2D eigenvalue weighted by Crippen LogP contribution is 2.28. The molecule has 1 aromatic heterocycles. The number of unbranched alkanes of at least 4 members (excludes halogenated alkanes) is 1. The van der Waals surface area contributed by atoms with Crippen molar-refractivity contribution in [2.45, 2.75) is 39.2 Å². The summed E-state index contributed by atoms with van der Waals surface area (Å²) in [5, 5.41) is 3.41. The average Bonchev–Trinajstić information content (AvgIpc) is 2.78. The summed E-state index contributed by atoms with van der Waals surface area (Å²) >= 11 is 0. The number of aryl methyl sites for hydroxylation is 1. The average molecular weight is 236 g/mol. The highest BCUT2D eigenvalue weighted by Gasteiger charge is 2.23. The Morgan fingerprint density at radius 3 is 2.71 bits per heavy atom. The molecule has 0 bridgehead atoms. The minimum Gasteiger partial charge on any atom is -0.465 e. The van der Waals surface area contributed by atoms with Crippen molar-refractivity contribution in [2.24, 2.45) is 0 Å². The van der Waals surface area contributed by atoms with Crippen LogP contribution in [0.2, 0.25) is 0 Å². The van der Waals surface area contributed by atoms with Gasteiger partial charge in [0.25, 0.3) is 0 Å². The molecular weight excluding hydrogens is 212 g/mol. The molecule has 3 nitrogen and oxygen atoms in total. The van der Waals surface area contributed by atoms with Crippen molar-refractivity contribution < 1.29 is 4.42 Å². The van der Waals surface area contributed by atoms with Crippen LogP contribution in [0.5, 0.6) is 0 Å². The first kappa shape index (κ1) is 12.7. The summed E-state index contributed by atoms with van der Waals surface area (Å²) in [5.74, 6) is 2.18. The van der Waals surface area contributed by atoms with Crippen LogP contribution in [-0.4, -0.2) is 31.1 Å². The van der Waals surface area contributed by atoms with Crippen LogP contribution in [0.15, 0.2) is 16.5 Å². The van der Waals surface area contributed by atoms with Gasteiger partial charge in [-0.25, -0.2) is 0 Å². The second-order valence-corrected chi connectivity index (χ2v) is 4.89. The van der Waals surface area contributed by atoms with E-state index in [1.165, 1.54) is 19.3 Å². The van der Waals surface area contributed by atoms with Crippen molar-refractivity contribution >= 4 is 0 Å². The van der Waals surface area contributed by atoms with Crippen LogP contribution in [0.4, 0.5) is 0 Å². The zero-order chi connectivity index (χ0) is 12.1. The molecule has 1 N–H and O–H groups in total. The lowest BCUT2D eigenvalue weighted by Crippen LogP contribution is -2.45. The molecule has 0 unspecified atom stereocenters. The van der Waals surface area contributed by atoms with Crippen LogP contribution in [0.1, 0.15) is 43.7 Å². The molecule has 1 aliphatic heterocycles. The monoisotopic (exact) mass is 236 g/mol. The zero-order valence-electron chi connectivity index (χ0n) is 11.0. The fourth-order valence-electron chi connectivity index (χ4n) is 2.53. The number of nitrogens with one attached hydrogen (secondary N) is 1. The number of piperazine rings is 1. The fourth-order valence-corrected chi connectivity index (χ4v) is 2.53. The number of hydrogen-bond donors (Lipinski definition) is 1. The normalized spacial score (nSPS) is 19.4. The van der Waals surface area contributed by atoms with Crippen molar-refractivity contribution in [2.75, 3.05) is 26.2 Å². The summed E-state index contributed by atoms with van der Waals surface area (Å²) < 4.78 is 5.83. The van der Waals surface area contributed by atoms with Gasteiger partial charge in [0.1, 0.15) is 11.5 Å². The van der Waals surface area contributed by atoms with Crippen molar-refractivity contribution in [3.8, 4) is 0 Å². The molecule has 0 radical (unpaired) electrons. The van der Waals surface area contributed by atoms with Crippen LogP contribution in [0.3, 0.4) is 0 Å². The van der Waals surface area contributed by atoms with Gasteiger partial charge in [-0.1, -0.05) is 19.8 Å². The number of furan rings is 1. The second-order valence-electron chi connectivity index (χ2n) is 4.89. The third kappa shape index (κ3) is 3.33. The minimum atomic E-state index is 0.478. The third-order valence-corrected chi connectivity index (χ3v) is 3.51. The molecule has 0 amide bonds. The van der Waals surface area contributed by atoms with E-state index in [2.05, 4.69) is 29.3 Å². The lowest BCUT2D eigenvalue weighted by atomic mass is 10.0. The molecule has 0 saturated carbocycles. The number of nitrogens with zero attached hydrogens (tertiary/aromatic N) is 1. The Balaban J connectivity index is 2.06. The summed E-state index contributed by atoms with van der Waals surface area (Å²) in [6.45, 7) is 8.74. The zero-order valence-corrected chi connectivity index (χ0v) is 11.0. The second kappa shape index (κ2) is 6.22. The molecule has 3 heteroatoms. The van der Waals surface area contributed by atoms with Crippen molar-refractivity contribution in [3.63, 3.8) is 0 Å². The Morgan fingerprint density at radius 2 is 2.12 bits per heavy atom. The van der Waals surface area contributed by atoms with Crippen LogP contribution in [0, 0.1) is 6.92 Å². The van der Waals surface area contributed by atoms with E-state index in [0.717, 1.165) is 37.7 Å². The lowest BCUT2D eigenvalue weighted by molar-refractivity contribution is 0.143. The molecule has 1 aromatic rings. The predicted octanol–water partition coefficient (Wildman–Crippen LogP) is 2.72. The highest BCUT2D eigenvalue weighted by molar-refractivity contribution is 5.10. The summed E-state index contributed by atoms with van der Waals surface area (Å²) in [6.07, 6.45) is 3.74. The van der Waals surface area contributed by atoms with Crippen LogP contribution < -0.4 is 5.32 Å². The number of hydrogen-bond acceptors (Lipinski definition) is 3. The summed E-state index contributed by atoms with van der Waals surface area (Å²) in [5.41, 5.74) is 0. The van der Waals surface area contributed by atoms with E-state index in [1.807, 2.05) is 6.92 Å². The Bertz CT molecular complexity index is 329. The molecule has 1 aliphatic rings. The summed E-state index contributed by atoms with van der Waals surface area (Å²) in [6, 6.07) is 4.71. The van der Waals surface area contributed by atoms with Gasteiger partial charge in [0.2, 0.25) is 0 Å². The Hall–Kier alpha value is -0.800. The standard InChI is InChI=1S/C14H24N2O/c1-3-4-5-13(14-7-6-12(2)17-14)16-10-8-15-9-11-16/h6-7,13,15H,3-5,8-11H2,1-2H3/t13-/m1/s1. The topological polar surface area (TPSA) is 28.4 Å². The molecule has 17 heavy (non-hydrogen) atoms. The molecule has 1 atom stereocenters. The van der Waals surface area contributed by atoms with Gasteiger partial charge in [0.05, 0.1) is 6.04 Å². The van der Waals surface area contributed by atoms with Gasteiger partial charge in [0, 0.05) is 26.2 Å². The summed E-state index contributed by atoms with van der Waals surface area (Å²) in [4.78, 5) is 2.56. The molecule has 1 fully saturated rings. The Labute approximate surface area is 104 Å². The van der Waals surface area contributed by atoms with Gasteiger partial charge >= 0.3 is 0 Å². The first-order chi connectivity index (χ1) is 8.31. The van der Waals surface area contributed by atoms with Crippen LogP contribution >= 0.6 is 0 Å². The van der Waals surface area contributed by atoms with Crippen molar-refractivity contribution in [3.05, 3.63) is 23.7 Å². The molecule has 2 rings (SSSR count). The smallest absolute Gasteiger partial charge is 0.121 e. The number of rotatable bonds is 5. The molecule has 0 aliphatic carbocycles. The lowest BCUT2D eigenvalue weighted by Gasteiger charge is -2.33. The van der Waals surface area contributed by atoms with E-state index in [9.17, 15) is 0 Å². The first-order valence-corrected chi connectivity index (χ1v) is 6.82. The third-order valence-electron chi connectivity index (χ3n) is 3.51. The maximum atomic E-state index is 5.83. The molecule has 2 heterocycles. The minimum absolute atomic E-state index is 0.478. The van der Waals surface area contributed by atoms with Crippen molar-refractivity contribution in [1.29, 1.82) is 0 Å². The van der Waals surface area contributed by atoms with E-state index in [4.69, 9.17) is 4.42 Å². The molecule has 0 spiro atoms. The Morgan fingerprint density at radius 1 is 1.35 bits per heavy atom. The van der Waals surface area contributed by atoms with Gasteiger partial charge in [0.15, 0.2) is 0 Å². The van der Waals surface area contributed by atoms with Gasteiger partial charge in [-0.15, -0.1) is 0 Å². The van der Waals surface area contributed by atoms with E-state index in [0.29, 0.717) is 6.04 Å². The van der Waals surface area contributed by atoms with Gasteiger partial charge in [-0.3, -0.25) is 4.90 Å². The highest BCUT2D eigenvalue weighted by atomic mass is 16.3. The van der Waals surface area contributed by atoms with Crippen LogP contribution in [-0.2, 0) is 0 Å². The van der Waals surface area contributed by atoms with E-state index in [-0.39, 0.29) is 0 Å². The van der Waals surface area contributed by atoms with E-state index >= 15 is 0 Å². The van der Waals surface area contributed by atoms with E-state index < -0.39 is 0 Å². The predicted molar refractivity (Wildman–Crippen MR) is 70.2 cm³/mol. The fraction of sp³-hybridized carbons (Fsp3) is 0.714. The van der Waals surface area contributed by atoms with Gasteiger partial charge in [-0.05, 0) is 25.5 Å². The molecule has 1 saturated heterocycles. The largest absolute Gasteiger partial charge is 0.465 e. The van der Waals surface area contributed by atoms with Crippen LogP contribution in [0.25, 0.3) is 0 Å². The Kier molecular flexibility index (Phi) is 4.63. The first-order valence-electron chi connectivity index (χ1n) is 6.82. The quantitative estimate of drug-likeness (QED) is 0.852.